The van der Waals surface area contributed by atoms with Crippen molar-refractivity contribution in [3.8, 4) is 0 Å². The second-order valence-corrected chi connectivity index (χ2v) is 19.7. The Kier molecular flexibility index (Phi) is 21.4. The van der Waals surface area contributed by atoms with Gasteiger partial charge in [-0.05, 0) is 27.8 Å². The molecule has 4 aliphatic rings. The van der Waals surface area contributed by atoms with Crippen LogP contribution < -0.4 is 0 Å². The van der Waals surface area contributed by atoms with Crippen molar-refractivity contribution in [3.63, 3.8) is 0 Å². The van der Waals surface area contributed by atoms with Gasteiger partial charge in [-0.3, -0.25) is 14.4 Å². The maximum absolute atomic E-state index is 12.7. The third kappa shape index (κ3) is 15.9. The summed E-state index contributed by atoms with van der Waals surface area (Å²) in [4.78, 5) is 40.9. The van der Waals surface area contributed by atoms with Gasteiger partial charge < -0.3 is 71.1 Å². The number of fused-ring (bicyclic) bond motifs is 1. The highest BCUT2D eigenvalue weighted by molar-refractivity contribution is 5.68. The first-order valence-electron chi connectivity index (χ1n) is 26.8. The smallest absolute Gasteiger partial charge is 0.303 e. The van der Waals surface area contributed by atoms with Crippen molar-refractivity contribution in [2.75, 3.05) is 26.9 Å². The van der Waals surface area contributed by atoms with Crippen LogP contribution in [-0.2, 0) is 112 Å². The van der Waals surface area contributed by atoms with Crippen molar-refractivity contribution >= 4 is 17.9 Å². The first kappa shape index (κ1) is 59.0. The van der Waals surface area contributed by atoms with Gasteiger partial charge >= 0.3 is 17.9 Å². The fourth-order valence-corrected chi connectivity index (χ4v) is 10.2. The van der Waals surface area contributed by atoms with Gasteiger partial charge in [0, 0.05) is 38.4 Å². The average molecular weight is 1120 g/mol. The summed E-state index contributed by atoms with van der Waals surface area (Å²) in [6, 6.07) is 46.7. The fourth-order valence-electron chi connectivity index (χ4n) is 10.2. The molecule has 0 N–H and O–H groups in total. The molecule has 0 radical (unpaired) electrons. The third-order valence-corrected chi connectivity index (χ3v) is 13.9. The Hall–Kier alpha value is -6.66. The fraction of sp³-hybridized carbons (Fsp3) is 0.450. The van der Waals surface area contributed by atoms with Crippen LogP contribution in [0.5, 0.6) is 0 Å². The molecule has 430 valence electrons. The number of carbonyl (C=O) groups is 3. The number of nitrogens with zero attached hydrogens (tertiary/aromatic N) is 3. The second-order valence-electron chi connectivity index (χ2n) is 19.7. The van der Waals surface area contributed by atoms with E-state index in [-0.39, 0.29) is 39.6 Å². The molecule has 81 heavy (non-hydrogen) atoms. The number of hydrogen-bond donors (Lipinski definition) is 0. The van der Waals surface area contributed by atoms with Gasteiger partial charge in [0.1, 0.15) is 54.9 Å². The largest absolute Gasteiger partial charge is 0.456 e. The zero-order valence-electron chi connectivity index (χ0n) is 45.3. The average Bonchev–Trinajstić information content (AvgIpc) is 3.60. The lowest BCUT2D eigenvalue weighted by Gasteiger charge is -2.51. The summed E-state index contributed by atoms with van der Waals surface area (Å²) in [7, 11) is 1.30. The Bertz CT molecular complexity index is 2790. The maximum atomic E-state index is 12.7. The molecule has 0 aromatic heterocycles. The molecule has 0 amide bonds. The molecule has 16 unspecified atom stereocenters. The minimum absolute atomic E-state index is 0.0105. The van der Waals surface area contributed by atoms with E-state index < -0.39 is 123 Å². The quantitative estimate of drug-likeness (QED) is 0.0188. The highest BCUT2D eigenvalue weighted by Crippen LogP contribution is 2.41. The first-order chi connectivity index (χ1) is 39.5. The third-order valence-electron chi connectivity index (χ3n) is 13.9. The van der Waals surface area contributed by atoms with Crippen molar-refractivity contribution < 1.29 is 85.4 Å². The number of benzene rings is 5. The molecule has 0 spiro atoms. The predicted octanol–water partition coefficient (Wildman–Crippen LogP) is 7.77. The molecule has 16 atom stereocenters. The number of hydrogen-bond acceptors (Lipinski definition) is 19. The second kappa shape index (κ2) is 29.4. The predicted molar refractivity (Wildman–Crippen MR) is 285 cm³/mol. The van der Waals surface area contributed by atoms with Crippen molar-refractivity contribution in [1.29, 1.82) is 0 Å². The van der Waals surface area contributed by atoms with E-state index in [9.17, 15) is 19.9 Å². The van der Waals surface area contributed by atoms with Crippen LogP contribution in [0.25, 0.3) is 10.4 Å². The summed E-state index contributed by atoms with van der Waals surface area (Å²) < 4.78 is 96.8. The Morgan fingerprint density at radius 2 is 0.988 bits per heavy atom. The van der Waals surface area contributed by atoms with E-state index in [1.807, 2.05) is 152 Å². The van der Waals surface area contributed by atoms with Crippen LogP contribution in [-0.4, -0.2) is 137 Å². The van der Waals surface area contributed by atoms with Gasteiger partial charge in [0.05, 0.1) is 46.2 Å². The molecule has 9 rings (SSSR count). The number of rotatable bonds is 24. The number of ether oxygens (including phenoxy) is 15. The van der Waals surface area contributed by atoms with Crippen LogP contribution in [0.2, 0.25) is 0 Å². The molecule has 5 aromatic carbocycles. The summed E-state index contributed by atoms with van der Waals surface area (Å²) in [6.45, 7) is 3.61. The van der Waals surface area contributed by atoms with Gasteiger partial charge in [-0.25, -0.2) is 0 Å². The van der Waals surface area contributed by atoms with Crippen LogP contribution in [0.3, 0.4) is 0 Å². The summed E-state index contributed by atoms with van der Waals surface area (Å²) in [5.41, 5.74) is 14.7. The zero-order chi connectivity index (χ0) is 56.5. The SMILES string of the molecule is COC1OC(COC2OC3COC(c4ccccc4)OC3C(OC3OC(COCc4ccccc4)C(OCc4ccccc4)C(OCc4ccccc4)C3OCc3ccccc3)C2N=[N+]=[N-])C(OC(C)=O)C(OC(C)=O)C1OC(C)=O. The minimum Gasteiger partial charge on any atom is -0.456 e. The van der Waals surface area contributed by atoms with E-state index in [0.29, 0.717) is 5.56 Å². The molecule has 21 heteroatoms. The molecule has 4 fully saturated rings. The van der Waals surface area contributed by atoms with E-state index in [0.717, 1.165) is 43.0 Å². The number of methoxy groups -OCH3 is 1. The van der Waals surface area contributed by atoms with Crippen molar-refractivity contribution in [2.45, 2.75) is 146 Å². The van der Waals surface area contributed by atoms with Crippen LogP contribution >= 0.6 is 0 Å². The Labute approximate surface area is 469 Å². The molecule has 0 aliphatic carbocycles. The first-order valence-corrected chi connectivity index (χ1v) is 26.8. The van der Waals surface area contributed by atoms with Gasteiger partial charge in [0.2, 0.25) is 0 Å². The number of carbonyl (C=O) groups excluding carboxylic acids is 3. The van der Waals surface area contributed by atoms with Gasteiger partial charge in [0.25, 0.3) is 0 Å². The molecular weight excluding hydrogens is 1050 g/mol. The zero-order valence-corrected chi connectivity index (χ0v) is 45.3. The summed E-state index contributed by atoms with van der Waals surface area (Å²) in [5, 5.41) is 4.29. The number of esters is 3. The van der Waals surface area contributed by atoms with E-state index >= 15 is 0 Å². The van der Waals surface area contributed by atoms with E-state index in [1.54, 1.807) is 0 Å². The Morgan fingerprint density at radius 3 is 1.53 bits per heavy atom. The molecule has 0 saturated carbocycles. The maximum Gasteiger partial charge on any atom is 0.303 e. The highest BCUT2D eigenvalue weighted by Gasteiger charge is 2.57. The topological polar surface area (TPSA) is 238 Å². The highest BCUT2D eigenvalue weighted by atomic mass is 16.8. The molecular formula is C60H67N3O18. The summed E-state index contributed by atoms with van der Waals surface area (Å²) in [5.74, 6) is -2.29. The summed E-state index contributed by atoms with van der Waals surface area (Å²) >= 11 is 0. The van der Waals surface area contributed by atoms with E-state index in [2.05, 4.69) is 10.0 Å². The molecule has 4 aliphatic heterocycles. The van der Waals surface area contributed by atoms with Gasteiger partial charge in [0.15, 0.2) is 43.5 Å². The van der Waals surface area contributed by atoms with E-state index in [4.69, 9.17) is 71.1 Å². The minimum atomic E-state index is -1.46. The lowest BCUT2D eigenvalue weighted by Crippen LogP contribution is -2.67. The monoisotopic (exact) mass is 1120 g/mol. The van der Waals surface area contributed by atoms with Gasteiger partial charge in [-0.1, -0.05) is 157 Å². The Balaban J connectivity index is 1.10. The van der Waals surface area contributed by atoms with Crippen molar-refractivity contribution in [2.24, 2.45) is 5.11 Å². The molecule has 5 aromatic rings. The van der Waals surface area contributed by atoms with Crippen LogP contribution in [0, 0.1) is 0 Å². The number of azide groups is 1. The standard InChI is InChI=1S/C60H67N3O18/c1-37(64)74-51-47(78-59(67-4)56(76-39(3)66)54(51)75-38(2)65)36-73-58-48(62-63-61)52(50-46(77-58)35-72-57(80-50)44-28-18-9-19-29-44)81-60-55(71-33-43-26-16-8-17-27-43)53(70-32-42-24-14-7-15-25-42)49(69-31-41-22-12-6-13-23-41)45(79-60)34-68-30-40-20-10-5-11-21-40/h5-29,45-60H,30-36H2,1-4H3. The normalized spacial score (nSPS) is 30.0. The molecule has 4 heterocycles. The van der Waals surface area contributed by atoms with Gasteiger partial charge in [-0.15, -0.1) is 0 Å². The van der Waals surface area contributed by atoms with Crippen molar-refractivity contribution in [1.82, 2.24) is 0 Å². The van der Waals surface area contributed by atoms with Gasteiger partial charge in [-0.2, -0.15) is 0 Å². The van der Waals surface area contributed by atoms with Crippen LogP contribution in [0.15, 0.2) is 157 Å². The lowest BCUT2D eigenvalue weighted by molar-refractivity contribution is -0.385. The Morgan fingerprint density at radius 1 is 0.506 bits per heavy atom. The molecule has 0 bridgehead atoms. The van der Waals surface area contributed by atoms with E-state index in [1.165, 1.54) is 7.11 Å². The van der Waals surface area contributed by atoms with Crippen LogP contribution in [0.1, 0.15) is 54.9 Å². The van der Waals surface area contributed by atoms with Crippen LogP contribution in [0.4, 0.5) is 0 Å². The molecule has 21 nitrogen and oxygen atoms in total. The molecule has 4 saturated heterocycles. The summed E-state index contributed by atoms with van der Waals surface area (Å²) in [6.07, 6.45) is -17.4. The lowest BCUT2D eigenvalue weighted by atomic mass is 9.94. The van der Waals surface area contributed by atoms with Crippen molar-refractivity contribution in [3.05, 3.63) is 190 Å².